The van der Waals surface area contributed by atoms with Gasteiger partial charge in [0.25, 0.3) is 0 Å². The van der Waals surface area contributed by atoms with Crippen LogP contribution >= 0.6 is 0 Å². The molecule has 3 rings (SSSR count). The van der Waals surface area contributed by atoms with Gasteiger partial charge in [-0.05, 0) is 69.0 Å². The van der Waals surface area contributed by atoms with Crippen LogP contribution in [-0.4, -0.2) is 48.9 Å². The number of amides is 1. The minimum Gasteiger partial charge on any atom is -0.342 e. The van der Waals surface area contributed by atoms with E-state index in [2.05, 4.69) is 54.1 Å². The van der Waals surface area contributed by atoms with E-state index in [4.69, 9.17) is 0 Å². The molecule has 1 saturated heterocycles. The fourth-order valence-electron chi connectivity index (χ4n) is 4.58. The van der Waals surface area contributed by atoms with E-state index in [9.17, 15) is 4.79 Å². The molecule has 2 fully saturated rings. The van der Waals surface area contributed by atoms with E-state index in [1.807, 2.05) is 0 Å². The highest BCUT2D eigenvalue weighted by Gasteiger charge is 2.30. The van der Waals surface area contributed by atoms with Crippen LogP contribution in [0.1, 0.15) is 56.9 Å². The maximum Gasteiger partial charge on any atom is 0.222 e. The number of rotatable bonds is 6. The van der Waals surface area contributed by atoms with Gasteiger partial charge in [-0.3, -0.25) is 4.79 Å². The summed E-state index contributed by atoms with van der Waals surface area (Å²) in [6, 6.07) is 10.9. The molecular formula is C22H34N2O. The zero-order chi connectivity index (χ0) is 17.6. The molecular weight excluding hydrogens is 308 g/mol. The summed E-state index contributed by atoms with van der Waals surface area (Å²) in [5.74, 6) is 2.38. The van der Waals surface area contributed by atoms with Crippen molar-refractivity contribution in [1.82, 2.24) is 9.80 Å². The van der Waals surface area contributed by atoms with Crippen molar-refractivity contribution in [3.8, 4) is 0 Å². The highest BCUT2D eigenvalue weighted by atomic mass is 16.2. The van der Waals surface area contributed by atoms with Crippen LogP contribution in [0.2, 0.25) is 0 Å². The molecule has 1 unspecified atom stereocenters. The van der Waals surface area contributed by atoms with Crippen LogP contribution in [0.25, 0.3) is 0 Å². The summed E-state index contributed by atoms with van der Waals surface area (Å²) in [6.07, 6.45) is 6.86. The second-order valence-corrected chi connectivity index (χ2v) is 8.18. The second kappa shape index (κ2) is 8.84. The molecule has 3 heteroatoms. The van der Waals surface area contributed by atoms with Crippen molar-refractivity contribution < 1.29 is 4.79 Å². The van der Waals surface area contributed by atoms with Gasteiger partial charge < -0.3 is 9.80 Å². The summed E-state index contributed by atoms with van der Waals surface area (Å²) in [4.78, 5) is 17.2. The Bertz CT molecular complexity index is 536. The van der Waals surface area contributed by atoms with Crippen LogP contribution in [0, 0.1) is 11.8 Å². The van der Waals surface area contributed by atoms with E-state index in [1.54, 1.807) is 0 Å². The van der Waals surface area contributed by atoms with Gasteiger partial charge in [0.05, 0.1) is 0 Å². The third kappa shape index (κ3) is 5.07. The lowest BCUT2D eigenvalue weighted by Crippen LogP contribution is -2.33. The zero-order valence-electron chi connectivity index (χ0n) is 16.0. The van der Waals surface area contributed by atoms with Gasteiger partial charge in [0.1, 0.15) is 0 Å². The van der Waals surface area contributed by atoms with Gasteiger partial charge in [0, 0.05) is 26.1 Å². The summed E-state index contributed by atoms with van der Waals surface area (Å²) < 4.78 is 0. The number of nitrogens with zero attached hydrogens (tertiary/aromatic N) is 2. The van der Waals surface area contributed by atoms with E-state index in [-0.39, 0.29) is 0 Å². The predicted molar refractivity (Wildman–Crippen MR) is 104 cm³/mol. The number of carbonyl (C=O) groups excluding carboxylic acids is 1. The molecule has 3 nitrogen and oxygen atoms in total. The maximum absolute atomic E-state index is 12.7. The molecule has 1 aromatic carbocycles. The molecule has 0 N–H and O–H groups in total. The first-order valence-corrected chi connectivity index (χ1v) is 10.2. The molecule has 138 valence electrons. The van der Waals surface area contributed by atoms with Gasteiger partial charge in [-0.15, -0.1) is 0 Å². The minimum absolute atomic E-state index is 0.407. The van der Waals surface area contributed by atoms with Crippen molar-refractivity contribution in [2.75, 3.05) is 33.2 Å². The molecule has 1 aliphatic heterocycles. The SMILES string of the molecule is CCN(C)CC1CCN(C(=O)CC2CCC(c3ccccc3)CC2)C1. The predicted octanol–water partition coefficient (Wildman–Crippen LogP) is 4.15. The highest BCUT2D eigenvalue weighted by molar-refractivity contribution is 5.76. The summed E-state index contributed by atoms with van der Waals surface area (Å²) in [6.45, 7) is 6.37. The van der Waals surface area contributed by atoms with Crippen molar-refractivity contribution >= 4 is 5.91 Å². The molecule has 1 atom stereocenters. The molecule has 1 aromatic rings. The highest BCUT2D eigenvalue weighted by Crippen LogP contribution is 2.37. The molecule has 0 radical (unpaired) electrons. The van der Waals surface area contributed by atoms with Crippen molar-refractivity contribution in [2.45, 2.75) is 51.4 Å². The van der Waals surface area contributed by atoms with Gasteiger partial charge in [0.15, 0.2) is 0 Å². The lowest BCUT2D eigenvalue weighted by atomic mass is 9.77. The molecule has 2 aliphatic rings. The first-order chi connectivity index (χ1) is 12.2. The van der Waals surface area contributed by atoms with Gasteiger partial charge in [-0.25, -0.2) is 0 Å². The number of carbonyl (C=O) groups is 1. The Hall–Kier alpha value is -1.35. The lowest BCUT2D eigenvalue weighted by Gasteiger charge is -2.29. The summed E-state index contributed by atoms with van der Waals surface area (Å²) >= 11 is 0. The summed E-state index contributed by atoms with van der Waals surface area (Å²) in [7, 11) is 2.18. The first-order valence-electron chi connectivity index (χ1n) is 10.2. The van der Waals surface area contributed by atoms with Crippen LogP contribution in [0.4, 0.5) is 0 Å². The standard InChI is InChI=1S/C22H34N2O/c1-3-23(2)16-19-13-14-24(17-19)22(25)15-18-9-11-21(12-10-18)20-7-5-4-6-8-20/h4-8,18-19,21H,3,9-17H2,1-2H3. The molecule has 25 heavy (non-hydrogen) atoms. The van der Waals surface area contributed by atoms with Crippen LogP contribution in [0.5, 0.6) is 0 Å². The number of hydrogen-bond acceptors (Lipinski definition) is 2. The van der Waals surface area contributed by atoms with Gasteiger partial charge in [-0.1, -0.05) is 37.3 Å². The van der Waals surface area contributed by atoms with Crippen LogP contribution in [-0.2, 0) is 4.79 Å². The Labute approximate surface area is 153 Å². The third-order valence-corrected chi connectivity index (χ3v) is 6.33. The number of likely N-dealkylation sites (tertiary alicyclic amines) is 1. The van der Waals surface area contributed by atoms with E-state index in [0.717, 1.165) is 32.6 Å². The second-order valence-electron chi connectivity index (χ2n) is 8.18. The molecule has 1 amide bonds. The van der Waals surface area contributed by atoms with E-state index >= 15 is 0 Å². The summed E-state index contributed by atoms with van der Waals surface area (Å²) in [5.41, 5.74) is 1.48. The Kier molecular flexibility index (Phi) is 6.52. The fraction of sp³-hybridized carbons (Fsp3) is 0.682. The molecule has 0 spiro atoms. The van der Waals surface area contributed by atoms with Crippen LogP contribution < -0.4 is 0 Å². The molecule has 1 heterocycles. The number of benzene rings is 1. The molecule has 0 bridgehead atoms. The van der Waals surface area contributed by atoms with Gasteiger partial charge >= 0.3 is 0 Å². The zero-order valence-corrected chi connectivity index (χ0v) is 16.0. The van der Waals surface area contributed by atoms with Crippen LogP contribution in [0.3, 0.4) is 0 Å². The third-order valence-electron chi connectivity index (χ3n) is 6.33. The van der Waals surface area contributed by atoms with E-state index in [1.165, 1.54) is 37.7 Å². The van der Waals surface area contributed by atoms with Crippen molar-refractivity contribution in [2.24, 2.45) is 11.8 Å². The maximum atomic E-state index is 12.7. The van der Waals surface area contributed by atoms with Crippen molar-refractivity contribution in [1.29, 1.82) is 0 Å². The Morgan fingerprint density at radius 2 is 1.80 bits per heavy atom. The van der Waals surface area contributed by atoms with Gasteiger partial charge in [0.2, 0.25) is 5.91 Å². The molecule has 0 aromatic heterocycles. The Morgan fingerprint density at radius 1 is 1.08 bits per heavy atom. The Balaban J connectivity index is 1.41. The number of hydrogen-bond donors (Lipinski definition) is 0. The van der Waals surface area contributed by atoms with Crippen molar-refractivity contribution in [3.63, 3.8) is 0 Å². The summed E-state index contributed by atoms with van der Waals surface area (Å²) in [5, 5.41) is 0. The van der Waals surface area contributed by atoms with Crippen LogP contribution in [0.15, 0.2) is 30.3 Å². The minimum atomic E-state index is 0.407. The smallest absolute Gasteiger partial charge is 0.222 e. The lowest BCUT2D eigenvalue weighted by molar-refractivity contribution is -0.131. The average molecular weight is 343 g/mol. The Morgan fingerprint density at radius 3 is 2.48 bits per heavy atom. The van der Waals surface area contributed by atoms with E-state index in [0.29, 0.717) is 23.7 Å². The van der Waals surface area contributed by atoms with Gasteiger partial charge in [-0.2, -0.15) is 0 Å². The molecule has 1 saturated carbocycles. The monoisotopic (exact) mass is 342 g/mol. The average Bonchev–Trinajstić information content (AvgIpc) is 3.11. The normalized spacial score (nSPS) is 27.0. The first kappa shape index (κ1) is 18.4. The van der Waals surface area contributed by atoms with Crippen molar-refractivity contribution in [3.05, 3.63) is 35.9 Å². The topological polar surface area (TPSA) is 23.6 Å². The largest absolute Gasteiger partial charge is 0.342 e. The fourth-order valence-corrected chi connectivity index (χ4v) is 4.58. The quantitative estimate of drug-likeness (QED) is 0.775. The van der Waals surface area contributed by atoms with E-state index < -0.39 is 0 Å². The molecule has 1 aliphatic carbocycles.